The van der Waals surface area contributed by atoms with E-state index < -0.39 is 0 Å². The van der Waals surface area contributed by atoms with Crippen molar-refractivity contribution in [2.24, 2.45) is 0 Å². The van der Waals surface area contributed by atoms with E-state index in [1.165, 1.54) is 0 Å². The monoisotopic (exact) mass is 340 g/mol. The Morgan fingerprint density at radius 1 is 1.45 bits per heavy atom. The highest BCUT2D eigenvalue weighted by molar-refractivity contribution is 9.10. The molecule has 1 heterocycles. The van der Waals surface area contributed by atoms with Crippen molar-refractivity contribution in [1.29, 1.82) is 0 Å². The normalized spacial score (nSPS) is 16.1. The van der Waals surface area contributed by atoms with Crippen molar-refractivity contribution < 1.29 is 9.53 Å². The van der Waals surface area contributed by atoms with Crippen LogP contribution in [0.3, 0.4) is 0 Å². The number of carbonyl (C=O) groups is 1. The average molecular weight is 341 g/mol. The third kappa shape index (κ3) is 4.89. The molecule has 0 saturated carbocycles. The molecule has 0 radical (unpaired) electrons. The number of amides is 1. The van der Waals surface area contributed by atoms with Crippen LogP contribution in [0.5, 0.6) is 0 Å². The van der Waals surface area contributed by atoms with E-state index in [2.05, 4.69) is 26.6 Å². The molecule has 0 spiro atoms. The second-order valence-electron chi connectivity index (χ2n) is 5.08. The fourth-order valence-corrected chi connectivity index (χ4v) is 2.58. The molecule has 1 aromatic rings. The zero-order valence-electron chi connectivity index (χ0n) is 11.7. The SMILES string of the molecule is Cc1ccc(Br)cc1NC(=O)CCOC1CCNCC1. The van der Waals surface area contributed by atoms with Gasteiger partial charge in [0, 0.05) is 10.2 Å². The Labute approximate surface area is 128 Å². The molecule has 2 rings (SSSR count). The minimum absolute atomic E-state index is 0.000124. The van der Waals surface area contributed by atoms with Crippen molar-refractivity contribution in [2.75, 3.05) is 25.0 Å². The van der Waals surface area contributed by atoms with Crippen LogP contribution in [0.4, 0.5) is 5.69 Å². The van der Waals surface area contributed by atoms with Gasteiger partial charge in [0.2, 0.25) is 5.91 Å². The summed E-state index contributed by atoms with van der Waals surface area (Å²) in [5, 5.41) is 6.22. The largest absolute Gasteiger partial charge is 0.378 e. The number of anilines is 1. The number of hydrogen-bond donors (Lipinski definition) is 2. The summed E-state index contributed by atoms with van der Waals surface area (Å²) in [5.74, 6) is 0.000124. The van der Waals surface area contributed by atoms with E-state index in [4.69, 9.17) is 4.74 Å². The first-order valence-corrected chi connectivity index (χ1v) is 7.83. The summed E-state index contributed by atoms with van der Waals surface area (Å²) in [5.41, 5.74) is 1.91. The van der Waals surface area contributed by atoms with Gasteiger partial charge in [-0.2, -0.15) is 0 Å². The quantitative estimate of drug-likeness (QED) is 0.866. The minimum atomic E-state index is 0.000124. The fraction of sp³-hybridized carbons (Fsp3) is 0.533. The molecule has 1 aromatic carbocycles. The van der Waals surface area contributed by atoms with Crippen molar-refractivity contribution in [3.05, 3.63) is 28.2 Å². The minimum Gasteiger partial charge on any atom is -0.378 e. The van der Waals surface area contributed by atoms with Gasteiger partial charge in [0.1, 0.15) is 0 Å². The molecular formula is C15H21BrN2O2. The molecule has 0 aliphatic carbocycles. The summed E-state index contributed by atoms with van der Waals surface area (Å²) in [4.78, 5) is 11.9. The van der Waals surface area contributed by atoms with Gasteiger partial charge in [0.05, 0.1) is 19.1 Å². The Morgan fingerprint density at radius 3 is 2.95 bits per heavy atom. The molecule has 1 aliphatic rings. The molecule has 5 heteroatoms. The van der Waals surface area contributed by atoms with Crippen molar-refractivity contribution in [3.8, 4) is 0 Å². The summed E-state index contributed by atoms with van der Waals surface area (Å²) in [7, 11) is 0. The second-order valence-corrected chi connectivity index (χ2v) is 5.99. The van der Waals surface area contributed by atoms with Crippen molar-refractivity contribution in [1.82, 2.24) is 5.32 Å². The molecular weight excluding hydrogens is 320 g/mol. The molecule has 1 aliphatic heterocycles. The zero-order valence-corrected chi connectivity index (χ0v) is 13.3. The molecule has 0 bridgehead atoms. The summed E-state index contributed by atoms with van der Waals surface area (Å²) >= 11 is 3.41. The van der Waals surface area contributed by atoms with Crippen LogP contribution in [0.1, 0.15) is 24.8 Å². The van der Waals surface area contributed by atoms with E-state index in [0.29, 0.717) is 19.1 Å². The summed E-state index contributed by atoms with van der Waals surface area (Å²) in [6.45, 7) is 4.49. The second kappa shape index (κ2) is 7.76. The van der Waals surface area contributed by atoms with Crippen LogP contribution in [0.25, 0.3) is 0 Å². The average Bonchev–Trinajstić information content (AvgIpc) is 2.44. The summed E-state index contributed by atoms with van der Waals surface area (Å²) in [6, 6.07) is 5.86. The standard InChI is InChI=1S/C15H21BrN2O2/c1-11-2-3-12(16)10-14(11)18-15(19)6-9-20-13-4-7-17-8-5-13/h2-3,10,13,17H,4-9H2,1H3,(H,18,19). The lowest BCUT2D eigenvalue weighted by Crippen LogP contribution is -2.33. The van der Waals surface area contributed by atoms with E-state index >= 15 is 0 Å². The topological polar surface area (TPSA) is 50.4 Å². The Kier molecular flexibility index (Phi) is 6.01. The third-order valence-corrected chi connectivity index (χ3v) is 3.94. The molecule has 1 fully saturated rings. The first-order chi connectivity index (χ1) is 9.65. The highest BCUT2D eigenvalue weighted by Crippen LogP contribution is 2.20. The molecule has 0 aromatic heterocycles. The number of benzene rings is 1. The Hall–Kier alpha value is -0.910. The highest BCUT2D eigenvalue weighted by Gasteiger charge is 2.13. The number of nitrogens with one attached hydrogen (secondary N) is 2. The molecule has 0 atom stereocenters. The van der Waals surface area contributed by atoms with Gasteiger partial charge in [0.25, 0.3) is 0 Å². The Morgan fingerprint density at radius 2 is 2.20 bits per heavy atom. The molecule has 0 unspecified atom stereocenters. The lowest BCUT2D eigenvalue weighted by molar-refractivity contribution is -0.117. The predicted molar refractivity (Wildman–Crippen MR) is 84.0 cm³/mol. The van der Waals surface area contributed by atoms with Crippen LogP contribution in [0.2, 0.25) is 0 Å². The number of piperidine rings is 1. The van der Waals surface area contributed by atoms with Crippen LogP contribution >= 0.6 is 15.9 Å². The van der Waals surface area contributed by atoms with Gasteiger partial charge in [-0.3, -0.25) is 4.79 Å². The van der Waals surface area contributed by atoms with E-state index in [1.54, 1.807) is 0 Å². The highest BCUT2D eigenvalue weighted by atomic mass is 79.9. The molecule has 1 amide bonds. The van der Waals surface area contributed by atoms with E-state index in [9.17, 15) is 4.79 Å². The van der Waals surface area contributed by atoms with Gasteiger partial charge in [-0.05, 0) is 50.6 Å². The number of hydrogen-bond acceptors (Lipinski definition) is 3. The third-order valence-electron chi connectivity index (χ3n) is 3.44. The van der Waals surface area contributed by atoms with Crippen LogP contribution in [-0.4, -0.2) is 31.7 Å². The number of halogens is 1. The Bertz CT molecular complexity index is 459. The molecule has 20 heavy (non-hydrogen) atoms. The smallest absolute Gasteiger partial charge is 0.226 e. The van der Waals surface area contributed by atoms with Crippen molar-refractivity contribution in [3.63, 3.8) is 0 Å². The summed E-state index contributed by atoms with van der Waals surface area (Å²) < 4.78 is 6.70. The van der Waals surface area contributed by atoms with Crippen LogP contribution in [-0.2, 0) is 9.53 Å². The van der Waals surface area contributed by atoms with Gasteiger partial charge in [-0.15, -0.1) is 0 Å². The van der Waals surface area contributed by atoms with Gasteiger partial charge in [0.15, 0.2) is 0 Å². The number of ether oxygens (including phenoxy) is 1. The predicted octanol–water partition coefficient (Wildman–Crippen LogP) is 2.85. The van der Waals surface area contributed by atoms with Gasteiger partial charge in [-0.1, -0.05) is 22.0 Å². The molecule has 1 saturated heterocycles. The maximum atomic E-state index is 11.9. The van der Waals surface area contributed by atoms with Crippen LogP contribution in [0.15, 0.2) is 22.7 Å². The van der Waals surface area contributed by atoms with E-state index in [0.717, 1.165) is 41.7 Å². The maximum absolute atomic E-state index is 11.9. The number of rotatable bonds is 5. The molecule has 4 nitrogen and oxygen atoms in total. The fourth-order valence-electron chi connectivity index (χ4n) is 2.22. The van der Waals surface area contributed by atoms with Crippen LogP contribution < -0.4 is 10.6 Å². The van der Waals surface area contributed by atoms with E-state index in [1.807, 2.05) is 25.1 Å². The maximum Gasteiger partial charge on any atom is 0.226 e. The molecule has 2 N–H and O–H groups in total. The Balaban J connectivity index is 1.73. The van der Waals surface area contributed by atoms with Crippen molar-refractivity contribution >= 4 is 27.5 Å². The first-order valence-electron chi connectivity index (χ1n) is 7.03. The summed E-state index contributed by atoms with van der Waals surface area (Å²) in [6.07, 6.45) is 2.77. The first kappa shape index (κ1) is 15.5. The van der Waals surface area contributed by atoms with E-state index in [-0.39, 0.29) is 5.91 Å². The van der Waals surface area contributed by atoms with Gasteiger partial charge < -0.3 is 15.4 Å². The van der Waals surface area contributed by atoms with Crippen LogP contribution in [0, 0.1) is 6.92 Å². The van der Waals surface area contributed by atoms with Gasteiger partial charge >= 0.3 is 0 Å². The lowest BCUT2D eigenvalue weighted by Gasteiger charge is -2.22. The lowest BCUT2D eigenvalue weighted by atomic mass is 10.1. The number of carbonyl (C=O) groups excluding carboxylic acids is 1. The molecule has 110 valence electrons. The van der Waals surface area contributed by atoms with Crippen molar-refractivity contribution in [2.45, 2.75) is 32.3 Å². The number of aryl methyl sites for hydroxylation is 1. The van der Waals surface area contributed by atoms with Gasteiger partial charge in [-0.25, -0.2) is 0 Å². The zero-order chi connectivity index (χ0) is 14.4.